The summed E-state index contributed by atoms with van der Waals surface area (Å²) in [5.41, 5.74) is 6.28. The maximum atomic E-state index is 15.0. The summed E-state index contributed by atoms with van der Waals surface area (Å²) in [7, 11) is 0. The van der Waals surface area contributed by atoms with Crippen LogP contribution in [0.15, 0.2) is 42.5 Å². The number of halogens is 2. The lowest BCUT2D eigenvalue weighted by Crippen LogP contribution is -2.23. The van der Waals surface area contributed by atoms with Crippen molar-refractivity contribution in [3.8, 4) is 22.3 Å². The molecule has 4 rings (SSSR count). The SMILES string of the molecule is CC(C)(C)O.CSN1Cc2cccc(F)c2-c2c(C)c(-c3ccc(F)cc3)c(CC(=O)O)c(C)c21. The summed E-state index contributed by atoms with van der Waals surface area (Å²) < 4.78 is 30.7. The van der Waals surface area contributed by atoms with E-state index in [1.54, 1.807) is 39.0 Å². The Balaban J connectivity index is 0.000000623. The van der Waals surface area contributed by atoms with Crippen LogP contribution in [-0.2, 0) is 17.8 Å². The first-order chi connectivity index (χ1) is 16.3. The van der Waals surface area contributed by atoms with Crippen LogP contribution in [0.1, 0.15) is 43.0 Å². The van der Waals surface area contributed by atoms with Gasteiger partial charge in [0.25, 0.3) is 0 Å². The molecule has 0 spiro atoms. The molecule has 0 amide bonds. The van der Waals surface area contributed by atoms with Crippen LogP contribution in [-0.4, -0.2) is 28.0 Å². The molecule has 0 saturated carbocycles. The number of carbonyl (C=O) groups is 1. The average molecular weight is 500 g/mol. The highest BCUT2D eigenvalue weighted by atomic mass is 32.2. The lowest BCUT2D eigenvalue weighted by atomic mass is 9.81. The van der Waals surface area contributed by atoms with Crippen LogP contribution in [0.25, 0.3) is 22.3 Å². The van der Waals surface area contributed by atoms with Crippen LogP contribution < -0.4 is 4.31 Å². The lowest BCUT2D eigenvalue weighted by Gasteiger charge is -2.35. The van der Waals surface area contributed by atoms with Crippen molar-refractivity contribution in [2.45, 2.75) is 53.2 Å². The summed E-state index contributed by atoms with van der Waals surface area (Å²) in [6, 6.07) is 11.1. The molecule has 0 bridgehead atoms. The second-order valence-electron chi connectivity index (χ2n) is 9.57. The van der Waals surface area contributed by atoms with Gasteiger partial charge in [0.2, 0.25) is 0 Å². The standard InChI is InChI=1S/C24H21F2NO2S.C4H10O/c1-13-18(11-20(28)29)21(15-7-9-17(25)10-8-15)14(2)22-23-16(5-4-6-19(23)26)12-27(30-3)24(13)22;1-4(2,3)5/h4-10H,11-12H2,1-3H3,(H,28,29);5H,1-3H3. The largest absolute Gasteiger partial charge is 0.481 e. The fraction of sp³-hybridized carbons (Fsp3) is 0.321. The number of nitrogens with zero attached hydrogens (tertiary/aromatic N) is 1. The minimum absolute atomic E-state index is 0.168. The van der Waals surface area contributed by atoms with E-state index in [0.29, 0.717) is 17.7 Å². The fourth-order valence-corrected chi connectivity index (χ4v) is 5.09. The maximum absolute atomic E-state index is 15.0. The Bertz CT molecular complexity index is 1240. The number of aliphatic hydroxyl groups is 1. The Morgan fingerprint density at radius 3 is 2.14 bits per heavy atom. The third-order valence-electron chi connectivity index (χ3n) is 5.69. The van der Waals surface area contributed by atoms with Gasteiger partial charge in [-0.25, -0.2) is 8.78 Å². The first kappa shape index (κ1) is 26.7. The van der Waals surface area contributed by atoms with Gasteiger partial charge in [-0.1, -0.05) is 36.2 Å². The van der Waals surface area contributed by atoms with Crippen LogP contribution in [0.2, 0.25) is 0 Å². The van der Waals surface area contributed by atoms with Gasteiger partial charge in [-0.05, 0) is 86.2 Å². The van der Waals surface area contributed by atoms with Crippen LogP contribution in [0.3, 0.4) is 0 Å². The van der Waals surface area contributed by atoms with Crippen molar-refractivity contribution in [1.29, 1.82) is 0 Å². The van der Waals surface area contributed by atoms with Gasteiger partial charge in [-0.15, -0.1) is 0 Å². The predicted molar refractivity (Wildman–Crippen MR) is 140 cm³/mol. The molecular weight excluding hydrogens is 468 g/mol. The van der Waals surface area contributed by atoms with E-state index in [1.807, 2.05) is 26.2 Å². The lowest BCUT2D eigenvalue weighted by molar-refractivity contribution is -0.136. The van der Waals surface area contributed by atoms with E-state index in [1.165, 1.54) is 30.1 Å². The van der Waals surface area contributed by atoms with Crippen LogP contribution >= 0.6 is 11.9 Å². The molecule has 7 heteroatoms. The van der Waals surface area contributed by atoms with Crippen LogP contribution in [0.4, 0.5) is 14.5 Å². The molecule has 1 heterocycles. The molecule has 0 fully saturated rings. The highest BCUT2D eigenvalue weighted by Gasteiger charge is 2.31. The Morgan fingerprint density at radius 2 is 1.60 bits per heavy atom. The van der Waals surface area contributed by atoms with Crippen molar-refractivity contribution in [3.05, 3.63) is 76.4 Å². The number of carboxylic acid groups (broad SMARTS) is 1. The number of fused-ring (bicyclic) bond motifs is 3. The number of aliphatic carboxylic acids is 1. The average Bonchev–Trinajstić information content (AvgIpc) is 2.76. The third-order valence-corrected chi connectivity index (χ3v) is 6.44. The highest BCUT2D eigenvalue weighted by Crippen LogP contribution is 2.50. The van der Waals surface area contributed by atoms with Gasteiger partial charge in [0.15, 0.2) is 0 Å². The third kappa shape index (κ3) is 5.85. The molecule has 0 aromatic heterocycles. The Morgan fingerprint density at radius 1 is 1.00 bits per heavy atom. The first-order valence-corrected chi connectivity index (χ1v) is 12.5. The van der Waals surface area contributed by atoms with Crippen molar-refractivity contribution in [2.75, 3.05) is 10.6 Å². The molecular formula is C28H31F2NO3S. The molecule has 1 aliphatic rings. The van der Waals surface area contributed by atoms with Crippen molar-refractivity contribution in [3.63, 3.8) is 0 Å². The van der Waals surface area contributed by atoms with E-state index in [9.17, 15) is 14.3 Å². The van der Waals surface area contributed by atoms with E-state index in [0.717, 1.165) is 39.1 Å². The van der Waals surface area contributed by atoms with Crippen molar-refractivity contribution < 1.29 is 23.8 Å². The molecule has 0 aliphatic carbocycles. The van der Waals surface area contributed by atoms with E-state index in [2.05, 4.69) is 4.31 Å². The molecule has 3 aromatic rings. The molecule has 3 aromatic carbocycles. The van der Waals surface area contributed by atoms with Gasteiger partial charge in [-0.3, -0.25) is 4.79 Å². The molecule has 0 unspecified atom stereocenters. The zero-order valence-corrected chi connectivity index (χ0v) is 21.7. The second-order valence-corrected chi connectivity index (χ2v) is 10.4. The maximum Gasteiger partial charge on any atom is 0.307 e. The van der Waals surface area contributed by atoms with Gasteiger partial charge in [0.05, 0.1) is 24.3 Å². The number of carboxylic acids is 1. The van der Waals surface area contributed by atoms with E-state index in [4.69, 9.17) is 5.11 Å². The van der Waals surface area contributed by atoms with Crippen LogP contribution in [0.5, 0.6) is 0 Å². The van der Waals surface area contributed by atoms with E-state index >= 15 is 4.39 Å². The van der Waals surface area contributed by atoms with E-state index < -0.39 is 11.6 Å². The molecule has 0 saturated heterocycles. The molecule has 0 atom stereocenters. The van der Waals surface area contributed by atoms with Gasteiger partial charge < -0.3 is 14.5 Å². The molecule has 4 nitrogen and oxygen atoms in total. The Labute approximate surface area is 209 Å². The normalized spacial score (nSPS) is 12.4. The fourth-order valence-electron chi connectivity index (χ4n) is 4.41. The highest BCUT2D eigenvalue weighted by molar-refractivity contribution is 7.99. The van der Waals surface area contributed by atoms with Gasteiger partial charge in [0.1, 0.15) is 11.6 Å². The number of hydrogen-bond acceptors (Lipinski definition) is 4. The summed E-state index contributed by atoms with van der Waals surface area (Å²) in [5, 5.41) is 18.1. The number of anilines is 1. The Hall–Kier alpha value is -2.90. The smallest absolute Gasteiger partial charge is 0.307 e. The number of rotatable bonds is 4. The zero-order chi connectivity index (χ0) is 26.1. The van der Waals surface area contributed by atoms with Gasteiger partial charge in [-0.2, -0.15) is 0 Å². The topological polar surface area (TPSA) is 60.8 Å². The summed E-state index contributed by atoms with van der Waals surface area (Å²) >= 11 is 1.53. The summed E-state index contributed by atoms with van der Waals surface area (Å²) in [6.07, 6.45) is 1.78. The predicted octanol–water partition coefficient (Wildman–Crippen LogP) is 6.92. The van der Waals surface area contributed by atoms with E-state index in [-0.39, 0.29) is 18.1 Å². The number of hydrogen-bond donors (Lipinski definition) is 2. The Kier molecular flexibility index (Phi) is 7.92. The minimum atomic E-state index is -0.945. The molecule has 2 N–H and O–H groups in total. The van der Waals surface area contributed by atoms with Crippen LogP contribution in [0, 0.1) is 25.5 Å². The molecule has 35 heavy (non-hydrogen) atoms. The summed E-state index contributed by atoms with van der Waals surface area (Å²) in [5.74, 6) is -1.61. The van der Waals surface area contributed by atoms with Crippen molar-refractivity contribution in [1.82, 2.24) is 0 Å². The van der Waals surface area contributed by atoms with Gasteiger partial charge >= 0.3 is 5.97 Å². The summed E-state index contributed by atoms with van der Waals surface area (Å²) in [6.45, 7) is 9.54. The monoisotopic (exact) mass is 499 g/mol. The number of benzene rings is 3. The second kappa shape index (κ2) is 10.4. The molecule has 0 radical (unpaired) electrons. The molecule has 186 valence electrons. The minimum Gasteiger partial charge on any atom is -0.481 e. The van der Waals surface area contributed by atoms with Crippen molar-refractivity contribution >= 4 is 23.6 Å². The zero-order valence-electron chi connectivity index (χ0n) is 20.9. The molecule has 1 aliphatic heterocycles. The van der Waals surface area contributed by atoms with Gasteiger partial charge in [0, 0.05) is 17.4 Å². The quantitative estimate of drug-likeness (QED) is 0.382. The van der Waals surface area contributed by atoms with Crippen molar-refractivity contribution in [2.24, 2.45) is 0 Å². The summed E-state index contributed by atoms with van der Waals surface area (Å²) in [4.78, 5) is 11.7. The first-order valence-electron chi connectivity index (χ1n) is 11.3.